The van der Waals surface area contributed by atoms with Gasteiger partial charge < -0.3 is 10.1 Å². The number of rotatable bonds is 5. The van der Waals surface area contributed by atoms with Gasteiger partial charge in [0.05, 0.1) is 30.4 Å². The van der Waals surface area contributed by atoms with Crippen molar-refractivity contribution in [3.05, 3.63) is 29.3 Å². The molecule has 5 nitrogen and oxygen atoms in total. The Balaban J connectivity index is 1.98. The summed E-state index contributed by atoms with van der Waals surface area (Å²) in [5.74, 6) is -0.272. The molecular weight excluding hydrogens is 238 g/mol. The average Bonchev–Trinajstić information content (AvgIpc) is 2.98. The van der Waals surface area contributed by atoms with Crippen LogP contribution in [0.3, 0.4) is 0 Å². The van der Waals surface area contributed by atoms with Gasteiger partial charge >= 0.3 is 5.97 Å². The lowest BCUT2D eigenvalue weighted by Crippen LogP contribution is -2.23. The fraction of sp³-hybridized carbons (Fsp3) is 0.273. The van der Waals surface area contributed by atoms with Gasteiger partial charge in [-0.1, -0.05) is 6.07 Å². The highest BCUT2D eigenvalue weighted by Crippen LogP contribution is 2.25. The van der Waals surface area contributed by atoms with E-state index in [1.165, 1.54) is 7.11 Å². The van der Waals surface area contributed by atoms with Gasteiger partial charge in [-0.05, 0) is 11.4 Å². The molecule has 0 aliphatic heterocycles. The highest BCUT2D eigenvalue weighted by Gasteiger charge is 2.08. The van der Waals surface area contributed by atoms with Crippen molar-refractivity contribution in [2.24, 2.45) is 0 Å². The van der Waals surface area contributed by atoms with Gasteiger partial charge in [0, 0.05) is 12.1 Å². The van der Waals surface area contributed by atoms with Crippen molar-refractivity contribution in [2.45, 2.75) is 6.54 Å². The molecule has 0 aromatic carbocycles. The van der Waals surface area contributed by atoms with Crippen molar-refractivity contribution in [3.8, 4) is 10.6 Å². The van der Waals surface area contributed by atoms with Crippen molar-refractivity contribution in [1.29, 1.82) is 0 Å². The number of H-pyrrole nitrogens is 1. The molecule has 0 bridgehead atoms. The summed E-state index contributed by atoms with van der Waals surface area (Å²) in [5, 5.41) is 12.0. The van der Waals surface area contributed by atoms with Crippen molar-refractivity contribution in [2.75, 3.05) is 13.7 Å². The smallest absolute Gasteiger partial charge is 0.319 e. The van der Waals surface area contributed by atoms with E-state index < -0.39 is 0 Å². The van der Waals surface area contributed by atoms with Crippen molar-refractivity contribution < 1.29 is 9.53 Å². The third kappa shape index (κ3) is 2.92. The van der Waals surface area contributed by atoms with Gasteiger partial charge in [-0.2, -0.15) is 5.10 Å². The summed E-state index contributed by atoms with van der Waals surface area (Å²) in [6.45, 7) is 0.782. The molecule has 6 heteroatoms. The average molecular weight is 251 g/mol. The number of aromatic amines is 1. The molecule has 2 N–H and O–H groups in total. The second-order valence-corrected chi connectivity index (χ2v) is 4.37. The lowest BCUT2D eigenvalue weighted by molar-refractivity contribution is -0.139. The maximum atomic E-state index is 10.9. The standard InChI is InChI=1S/C11H13N3O2S/c1-16-10(15)7-12-5-8-6-13-14-11(8)9-3-2-4-17-9/h2-4,6,12H,5,7H2,1H3,(H,13,14). The SMILES string of the molecule is COC(=O)CNCc1cn[nH]c1-c1cccs1. The Labute approximate surface area is 103 Å². The molecule has 0 spiro atoms. The quantitative estimate of drug-likeness (QED) is 0.788. The maximum Gasteiger partial charge on any atom is 0.319 e. The number of nitrogens with one attached hydrogen (secondary N) is 2. The Kier molecular flexibility index (Phi) is 3.89. The van der Waals surface area contributed by atoms with Crippen LogP contribution in [0.25, 0.3) is 10.6 Å². The predicted molar refractivity (Wildman–Crippen MR) is 65.6 cm³/mol. The molecule has 0 saturated carbocycles. The summed E-state index contributed by atoms with van der Waals surface area (Å²) in [4.78, 5) is 12.1. The number of thiophene rings is 1. The van der Waals surface area contributed by atoms with Crippen LogP contribution in [-0.4, -0.2) is 29.8 Å². The van der Waals surface area contributed by atoms with Crippen LogP contribution >= 0.6 is 11.3 Å². The Hall–Kier alpha value is -1.66. The second kappa shape index (κ2) is 5.60. The third-order valence-corrected chi connectivity index (χ3v) is 3.19. The topological polar surface area (TPSA) is 67.0 Å². The van der Waals surface area contributed by atoms with Gasteiger partial charge in [0.2, 0.25) is 0 Å². The summed E-state index contributed by atoms with van der Waals surface area (Å²) in [6, 6.07) is 4.02. The molecule has 0 amide bonds. The monoisotopic (exact) mass is 251 g/mol. The van der Waals surface area contributed by atoms with E-state index in [0.717, 1.165) is 16.1 Å². The molecule has 90 valence electrons. The van der Waals surface area contributed by atoms with Crippen LogP contribution < -0.4 is 5.32 Å². The largest absolute Gasteiger partial charge is 0.468 e. The number of hydrogen-bond acceptors (Lipinski definition) is 5. The maximum absolute atomic E-state index is 10.9. The minimum absolute atomic E-state index is 0.200. The van der Waals surface area contributed by atoms with Crippen LogP contribution in [0.15, 0.2) is 23.7 Å². The molecule has 2 rings (SSSR count). The molecule has 2 aromatic heterocycles. The number of carbonyl (C=O) groups excluding carboxylic acids is 1. The van der Waals surface area contributed by atoms with Crippen LogP contribution in [0.1, 0.15) is 5.56 Å². The van der Waals surface area contributed by atoms with Gasteiger partial charge in [0.1, 0.15) is 0 Å². The van der Waals surface area contributed by atoms with E-state index in [9.17, 15) is 4.79 Å². The Morgan fingerprint density at radius 2 is 2.53 bits per heavy atom. The Morgan fingerprint density at radius 3 is 3.24 bits per heavy atom. The molecule has 0 fully saturated rings. The van der Waals surface area contributed by atoms with E-state index in [2.05, 4.69) is 20.3 Å². The van der Waals surface area contributed by atoms with Crippen LogP contribution in [-0.2, 0) is 16.1 Å². The van der Waals surface area contributed by atoms with E-state index in [4.69, 9.17) is 0 Å². The zero-order valence-electron chi connectivity index (χ0n) is 9.40. The second-order valence-electron chi connectivity index (χ2n) is 3.43. The van der Waals surface area contributed by atoms with Crippen molar-refractivity contribution >= 4 is 17.3 Å². The predicted octanol–water partition coefficient (Wildman–Crippen LogP) is 1.40. The first-order valence-electron chi connectivity index (χ1n) is 5.15. The zero-order valence-corrected chi connectivity index (χ0v) is 10.2. The van der Waals surface area contributed by atoms with Gasteiger partial charge in [-0.3, -0.25) is 9.89 Å². The molecule has 0 saturated heterocycles. The lowest BCUT2D eigenvalue weighted by atomic mass is 10.2. The van der Waals surface area contributed by atoms with Crippen LogP contribution in [0.5, 0.6) is 0 Å². The first kappa shape index (κ1) is 11.8. The number of hydrogen-bond donors (Lipinski definition) is 2. The fourth-order valence-corrected chi connectivity index (χ4v) is 2.21. The van der Waals surface area contributed by atoms with Crippen molar-refractivity contribution in [3.63, 3.8) is 0 Å². The number of ether oxygens (including phenoxy) is 1. The molecule has 0 atom stereocenters. The van der Waals surface area contributed by atoms with Crippen LogP contribution in [0, 0.1) is 0 Å². The number of esters is 1. The van der Waals surface area contributed by atoms with Gasteiger partial charge in [0.15, 0.2) is 0 Å². The summed E-state index contributed by atoms with van der Waals surface area (Å²) in [5.41, 5.74) is 2.04. The molecule has 0 aliphatic rings. The van der Waals surface area contributed by atoms with E-state index in [1.54, 1.807) is 17.5 Å². The molecule has 17 heavy (non-hydrogen) atoms. The van der Waals surface area contributed by atoms with Gasteiger partial charge in [0.25, 0.3) is 0 Å². The number of nitrogens with zero attached hydrogens (tertiary/aromatic N) is 1. The third-order valence-electron chi connectivity index (χ3n) is 2.30. The lowest BCUT2D eigenvalue weighted by Gasteiger charge is -2.03. The molecule has 2 heterocycles. The van der Waals surface area contributed by atoms with E-state index in [1.807, 2.05) is 17.5 Å². The fourth-order valence-electron chi connectivity index (χ4n) is 1.45. The minimum atomic E-state index is -0.272. The zero-order chi connectivity index (χ0) is 12.1. The Morgan fingerprint density at radius 1 is 1.65 bits per heavy atom. The summed E-state index contributed by atoms with van der Waals surface area (Å²) < 4.78 is 4.55. The number of carbonyl (C=O) groups is 1. The van der Waals surface area contributed by atoms with Gasteiger partial charge in [-0.25, -0.2) is 0 Å². The minimum Gasteiger partial charge on any atom is -0.468 e. The first-order valence-corrected chi connectivity index (χ1v) is 6.03. The summed E-state index contributed by atoms with van der Waals surface area (Å²) in [7, 11) is 1.37. The normalized spacial score (nSPS) is 10.4. The summed E-state index contributed by atoms with van der Waals surface area (Å²) >= 11 is 1.65. The highest BCUT2D eigenvalue weighted by molar-refractivity contribution is 7.13. The summed E-state index contributed by atoms with van der Waals surface area (Å²) in [6.07, 6.45) is 1.76. The van der Waals surface area contributed by atoms with Gasteiger partial charge in [-0.15, -0.1) is 11.3 Å². The number of methoxy groups -OCH3 is 1. The van der Waals surface area contributed by atoms with E-state index in [0.29, 0.717) is 6.54 Å². The molecule has 0 aliphatic carbocycles. The molecule has 0 radical (unpaired) electrons. The van der Waals surface area contributed by atoms with E-state index >= 15 is 0 Å². The molecular formula is C11H13N3O2S. The molecule has 0 unspecified atom stereocenters. The van der Waals surface area contributed by atoms with Crippen molar-refractivity contribution in [1.82, 2.24) is 15.5 Å². The highest BCUT2D eigenvalue weighted by atomic mass is 32.1. The first-order chi connectivity index (χ1) is 8.31. The van der Waals surface area contributed by atoms with E-state index in [-0.39, 0.29) is 12.5 Å². The number of aromatic nitrogens is 2. The van der Waals surface area contributed by atoms with Crippen LogP contribution in [0.2, 0.25) is 0 Å². The Bertz CT molecular complexity index is 479. The van der Waals surface area contributed by atoms with Crippen LogP contribution in [0.4, 0.5) is 0 Å². The molecule has 2 aromatic rings.